The molecule has 0 aliphatic rings. The van der Waals surface area contributed by atoms with Crippen LogP contribution in [0.4, 0.5) is 4.39 Å². The molecule has 0 fully saturated rings. The van der Waals surface area contributed by atoms with Crippen molar-refractivity contribution in [2.45, 2.75) is 12.5 Å². The Balaban J connectivity index is 2.83. The highest BCUT2D eigenvalue weighted by molar-refractivity contribution is 5.39. The topological polar surface area (TPSA) is 50.7 Å². The molecule has 0 amide bonds. The lowest BCUT2D eigenvalue weighted by Gasteiger charge is -2.26. The molecule has 4 nitrogen and oxygen atoms in total. The van der Waals surface area contributed by atoms with Gasteiger partial charge in [-0.05, 0) is 19.1 Å². The summed E-state index contributed by atoms with van der Waals surface area (Å²) < 4.78 is 23.8. The van der Waals surface area contributed by atoms with Crippen LogP contribution in [0.1, 0.15) is 12.5 Å². The number of halogens is 1. The molecule has 0 aliphatic carbocycles. The molecule has 102 valence electrons. The Kier molecular flexibility index (Phi) is 5.53. The van der Waals surface area contributed by atoms with Gasteiger partial charge >= 0.3 is 0 Å². The molecule has 0 bridgehead atoms. The van der Waals surface area contributed by atoms with Crippen molar-refractivity contribution in [2.24, 2.45) is 0 Å². The standard InChI is InChI=1S/C13H20FNO3/c1-13(16,9-15-7-8-17-2)12-10(14)5-4-6-11(12)18-3/h4-6,15-16H,7-9H2,1-3H3. The zero-order valence-corrected chi connectivity index (χ0v) is 11.0. The van der Waals surface area contributed by atoms with Crippen molar-refractivity contribution in [1.82, 2.24) is 5.32 Å². The summed E-state index contributed by atoms with van der Waals surface area (Å²) in [6.45, 7) is 2.88. The highest BCUT2D eigenvalue weighted by Crippen LogP contribution is 2.31. The molecule has 1 aromatic carbocycles. The van der Waals surface area contributed by atoms with Gasteiger partial charge in [-0.3, -0.25) is 0 Å². The second kappa shape index (κ2) is 6.68. The maximum atomic E-state index is 13.8. The van der Waals surface area contributed by atoms with E-state index in [2.05, 4.69) is 5.32 Å². The first-order valence-electron chi connectivity index (χ1n) is 5.78. The van der Waals surface area contributed by atoms with Crippen molar-refractivity contribution in [3.8, 4) is 5.75 Å². The molecule has 0 aromatic heterocycles. The number of aliphatic hydroxyl groups is 1. The Hall–Kier alpha value is -1.17. The fourth-order valence-electron chi connectivity index (χ4n) is 1.79. The van der Waals surface area contributed by atoms with E-state index in [1.165, 1.54) is 13.2 Å². The van der Waals surface area contributed by atoms with E-state index in [-0.39, 0.29) is 12.1 Å². The van der Waals surface area contributed by atoms with Crippen LogP contribution in [0.3, 0.4) is 0 Å². The average Bonchev–Trinajstić information content (AvgIpc) is 2.34. The highest BCUT2D eigenvalue weighted by atomic mass is 19.1. The van der Waals surface area contributed by atoms with Gasteiger partial charge in [0.05, 0.1) is 19.3 Å². The van der Waals surface area contributed by atoms with Crippen molar-refractivity contribution >= 4 is 0 Å². The summed E-state index contributed by atoms with van der Waals surface area (Å²) in [5, 5.41) is 13.4. The lowest BCUT2D eigenvalue weighted by atomic mass is 9.94. The summed E-state index contributed by atoms with van der Waals surface area (Å²) in [5.41, 5.74) is -1.18. The van der Waals surface area contributed by atoms with Gasteiger partial charge in [-0.25, -0.2) is 4.39 Å². The molecule has 0 heterocycles. The van der Waals surface area contributed by atoms with Crippen molar-refractivity contribution < 1.29 is 19.0 Å². The monoisotopic (exact) mass is 257 g/mol. The Morgan fingerprint density at radius 2 is 2.11 bits per heavy atom. The third kappa shape index (κ3) is 3.66. The Morgan fingerprint density at radius 1 is 1.39 bits per heavy atom. The number of nitrogens with one attached hydrogen (secondary N) is 1. The van der Waals surface area contributed by atoms with Gasteiger partial charge in [-0.2, -0.15) is 0 Å². The Bertz CT molecular complexity index is 382. The van der Waals surface area contributed by atoms with Crippen molar-refractivity contribution in [3.05, 3.63) is 29.6 Å². The molecule has 0 saturated carbocycles. The van der Waals surface area contributed by atoms with Gasteiger partial charge in [0.1, 0.15) is 17.2 Å². The number of rotatable bonds is 7. The zero-order chi connectivity index (χ0) is 13.6. The van der Waals surface area contributed by atoms with Gasteiger partial charge in [0, 0.05) is 20.2 Å². The van der Waals surface area contributed by atoms with E-state index >= 15 is 0 Å². The molecule has 2 N–H and O–H groups in total. The first kappa shape index (κ1) is 14.9. The van der Waals surface area contributed by atoms with Crippen LogP contribution in [-0.4, -0.2) is 39.0 Å². The van der Waals surface area contributed by atoms with Crippen molar-refractivity contribution in [3.63, 3.8) is 0 Å². The van der Waals surface area contributed by atoms with Gasteiger partial charge in [-0.1, -0.05) is 6.07 Å². The third-order valence-electron chi connectivity index (χ3n) is 2.69. The predicted octanol–water partition coefficient (Wildman–Crippen LogP) is 1.28. The van der Waals surface area contributed by atoms with E-state index in [1.54, 1.807) is 26.2 Å². The number of benzene rings is 1. The van der Waals surface area contributed by atoms with Crippen LogP contribution >= 0.6 is 0 Å². The number of hydrogen-bond acceptors (Lipinski definition) is 4. The fourth-order valence-corrected chi connectivity index (χ4v) is 1.79. The molecule has 0 spiro atoms. The number of methoxy groups -OCH3 is 2. The molecule has 1 aromatic rings. The minimum Gasteiger partial charge on any atom is -0.496 e. The molecule has 18 heavy (non-hydrogen) atoms. The lowest BCUT2D eigenvalue weighted by molar-refractivity contribution is 0.0487. The summed E-state index contributed by atoms with van der Waals surface area (Å²) >= 11 is 0. The molecule has 5 heteroatoms. The SMILES string of the molecule is COCCNCC(C)(O)c1c(F)cccc1OC. The van der Waals surface area contributed by atoms with Gasteiger partial charge in [0.15, 0.2) is 0 Å². The Labute approximate surface area is 107 Å². The first-order valence-corrected chi connectivity index (χ1v) is 5.78. The second-order valence-corrected chi connectivity index (χ2v) is 4.26. The molecule has 1 atom stereocenters. The Morgan fingerprint density at radius 3 is 2.72 bits per heavy atom. The quantitative estimate of drug-likeness (QED) is 0.722. The van der Waals surface area contributed by atoms with Crippen molar-refractivity contribution in [1.29, 1.82) is 0 Å². The average molecular weight is 257 g/mol. The second-order valence-electron chi connectivity index (χ2n) is 4.26. The van der Waals surface area contributed by atoms with Crippen LogP contribution in [0.15, 0.2) is 18.2 Å². The molecule has 1 unspecified atom stereocenters. The highest BCUT2D eigenvalue weighted by Gasteiger charge is 2.29. The molecule has 0 saturated heterocycles. The first-order chi connectivity index (χ1) is 8.53. The largest absolute Gasteiger partial charge is 0.496 e. The normalized spacial score (nSPS) is 14.3. The van der Waals surface area contributed by atoms with Crippen LogP contribution in [0, 0.1) is 5.82 Å². The molecule has 1 rings (SSSR count). The van der Waals surface area contributed by atoms with Gasteiger partial charge < -0.3 is 19.9 Å². The predicted molar refractivity (Wildman–Crippen MR) is 67.3 cm³/mol. The zero-order valence-electron chi connectivity index (χ0n) is 11.0. The summed E-state index contributed by atoms with van der Waals surface area (Å²) in [5.74, 6) is -0.138. The van der Waals surface area contributed by atoms with Crippen LogP contribution < -0.4 is 10.1 Å². The smallest absolute Gasteiger partial charge is 0.133 e. The van der Waals surface area contributed by atoms with Crippen LogP contribution in [0.2, 0.25) is 0 Å². The molecular weight excluding hydrogens is 237 g/mol. The van der Waals surface area contributed by atoms with Crippen LogP contribution in [0.25, 0.3) is 0 Å². The van der Waals surface area contributed by atoms with E-state index in [9.17, 15) is 9.50 Å². The summed E-state index contributed by atoms with van der Waals surface area (Å²) in [6, 6.07) is 4.48. The van der Waals surface area contributed by atoms with Crippen LogP contribution in [-0.2, 0) is 10.3 Å². The van der Waals surface area contributed by atoms with Gasteiger partial charge in [0.25, 0.3) is 0 Å². The maximum absolute atomic E-state index is 13.8. The van der Waals surface area contributed by atoms with E-state index < -0.39 is 11.4 Å². The maximum Gasteiger partial charge on any atom is 0.133 e. The molecule has 0 radical (unpaired) electrons. The van der Waals surface area contributed by atoms with E-state index in [0.717, 1.165) is 0 Å². The van der Waals surface area contributed by atoms with Gasteiger partial charge in [-0.15, -0.1) is 0 Å². The summed E-state index contributed by atoms with van der Waals surface area (Å²) in [6.07, 6.45) is 0. The number of hydrogen-bond donors (Lipinski definition) is 2. The molecular formula is C13H20FNO3. The fraction of sp³-hybridized carbons (Fsp3) is 0.538. The third-order valence-corrected chi connectivity index (χ3v) is 2.69. The van der Waals surface area contributed by atoms with E-state index in [4.69, 9.17) is 9.47 Å². The number of ether oxygens (including phenoxy) is 2. The van der Waals surface area contributed by atoms with Crippen molar-refractivity contribution in [2.75, 3.05) is 33.9 Å². The van der Waals surface area contributed by atoms with E-state index in [1.807, 2.05) is 0 Å². The van der Waals surface area contributed by atoms with Gasteiger partial charge in [0.2, 0.25) is 0 Å². The summed E-state index contributed by atoms with van der Waals surface area (Å²) in [4.78, 5) is 0. The molecule has 0 aliphatic heterocycles. The van der Waals surface area contributed by atoms with E-state index in [0.29, 0.717) is 18.9 Å². The summed E-state index contributed by atoms with van der Waals surface area (Å²) in [7, 11) is 3.05. The minimum absolute atomic E-state index is 0.164. The van der Waals surface area contributed by atoms with Crippen LogP contribution in [0.5, 0.6) is 5.75 Å². The lowest BCUT2D eigenvalue weighted by Crippen LogP contribution is -2.37. The minimum atomic E-state index is -1.34.